The molecular formula is C50H33NO. The van der Waals surface area contributed by atoms with Gasteiger partial charge in [0.05, 0.1) is 11.2 Å². The zero-order valence-electron chi connectivity index (χ0n) is 32.1. The van der Waals surface area contributed by atoms with Gasteiger partial charge in [0, 0.05) is 33.1 Å². The smallest absolute Gasteiger partial charge is 0.143 e. The average molecular weight is 668 g/mol. The number of furan rings is 1. The number of para-hydroxylation sites is 1. The lowest BCUT2D eigenvalue weighted by molar-refractivity contribution is 0.672. The third-order valence-electron chi connectivity index (χ3n) is 9.92. The molecule has 1 heterocycles. The fourth-order valence-corrected chi connectivity index (χ4v) is 7.31. The second-order valence-electron chi connectivity index (χ2n) is 13.0. The molecule has 1 aromatic heterocycles. The van der Waals surface area contributed by atoms with Crippen LogP contribution in [0.1, 0.15) is 5.48 Å². The molecule has 2 nitrogen and oxygen atoms in total. The number of benzene rings is 9. The Bertz CT molecular complexity index is 3110. The molecule has 0 aliphatic rings. The Morgan fingerprint density at radius 1 is 0.385 bits per heavy atom. The number of rotatable bonds is 6. The summed E-state index contributed by atoms with van der Waals surface area (Å²) in [7, 11) is 0. The Labute approximate surface area is 308 Å². The normalized spacial score (nSPS) is 12.5. The van der Waals surface area contributed by atoms with Gasteiger partial charge in [-0.25, -0.2) is 0 Å². The summed E-state index contributed by atoms with van der Waals surface area (Å²) < 4.78 is 43.9. The first-order chi connectivity index (χ1) is 27.4. The molecule has 0 amide bonds. The van der Waals surface area contributed by atoms with Crippen LogP contribution in [0.4, 0.5) is 17.1 Å². The quantitative estimate of drug-likeness (QED) is 0.175. The summed E-state index contributed by atoms with van der Waals surface area (Å²) in [5.41, 5.74) is 8.03. The topological polar surface area (TPSA) is 16.4 Å². The lowest BCUT2D eigenvalue weighted by atomic mass is 9.98. The van der Waals surface area contributed by atoms with Crippen LogP contribution in [0, 0.1) is 0 Å². The molecule has 0 radical (unpaired) electrons. The second kappa shape index (κ2) is 12.5. The van der Waals surface area contributed by atoms with E-state index in [0.717, 1.165) is 66.0 Å². The molecule has 0 saturated carbocycles. The molecule has 0 N–H and O–H groups in total. The maximum absolute atomic E-state index is 9.48. The van der Waals surface area contributed by atoms with Crippen LogP contribution in [0.25, 0.3) is 76.9 Å². The van der Waals surface area contributed by atoms with Gasteiger partial charge in [0.2, 0.25) is 0 Å². The van der Waals surface area contributed by atoms with Crippen LogP contribution in [0.3, 0.4) is 0 Å². The predicted molar refractivity (Wildman–Crippen MR) is 220 cm³/mol. The fraction of sp³-hybridized carbons (Fsp3) is 0. The summed E-state index contributed by atoms with van der Waals surface area (Å²) >= 11 is 0. The Balaban J connectivity index is 1.17. The molecule has 10 rings (SSSR count). The van der Waals surface area contributed by atoms with E-state index in [4.69, 9.17) is 4.42 Å². The summed E-state index contributed by atoms with van der Waals surface area (Å²) in [6.45, 7) is 0. The molecule has 10 aromatic rings. The monoisotopic (exact) mass is 667 g/mol. The van der Waals surface area contributed by atoms with E-state index in [1.807, 2.05) is 108 Å². The van der Waals surface area contributed by atoms with Crippen molar-refractivity contribution < 1.29 is 9.90 Å². The summed E-state index contributed by atoms with van der Waals surface area (Å²) in [6, 6.07) is 58.2. The Kier molecular flexibility index (Phi) is 6.22. The summed E-state index contributed by atoms with van der Waals surface area (Å²) in [5.74, 6) is 0. The first-order valence-corrected chi connectivity index (χ1v) is 17.4. The van der Waals surface area contributed by atoms with E-state index < -0.39 is 0 Å². The van der Waals surface area contributed by atoms with E-state index in [2.05, 4.69) is 72.8 Å². The van der Waals surface area contributed by atoms with Gasteiger partial charge in [-0.15, -0.1) is 0 Å². The fourth-order valence-electron chi connectivity index (χ4n) is 7.31. The minimum atomic E-state index is -0.124. The van der Waals surface area contributed by atoms with Crippen molar-refractivity contribution in [2.45, 2.75) is 0 Å². The molecule has 9 aromatic carbocycles. The van der Waals surface area contributed by atoms with Crippen LogP contribution >= 0.6 is 0 Å². The summed E-state index contributed by atoms with van der Waals surface area (Å²) in [4.78, 5) is 1.88. The van der Waals surface area contributed by atoms with E-state index in [-0.39, 0.29) is 35.4 Å². The van der Waals surface area contributed by atoms with E-state index >= 15 is 0 Å². The van der Waals surface area contributed by atoms with E-state index in [0.29, 0.717) is 11.3 Å². The molecule has 0 aliphatic carbocycles. The Morgan fingerprint density at radius 2 is 1.04 bits per heavy atom. The summed E-state index contributed by atoms with van der Waals surface area (Å²) in [6.07, 6.45) is 0. The molecule has 2 heteroatoms. The van der Waals surface area contributed by atoms with Crippen molar-refractivity contribution in [3.05, 3.63) is 200 Å². The predicted octanol–water partition coefficient (Wildman–Crippen LogP) is 14.4. The van der Waals surface area contributed by atoms with E-state index in [1.54, 1.807) is 0 Å². The highest BCUT2D eigenvalue weighted by Gasteiger charge is 2.19. The van der Waals surface area contributed by atoms with Crippen LogP contribution in [0.2, 0.25) is 0 Å². The second-order valence-corrected chi connectivity index (χ2v) is 13.0. The first-order valence-electron chi connectivity index (χ1n) is 19.4. The molecule has 0 aliphatic heterocycles. The van der Waals surface area contributed by atoms with Crippen LogP contribution < -0.4 is 4.90 Å². The average Bonchev–Trinajstić information content (AvgIpc) is 3.63. The van der Waals surface area contributed by atoms with Gasteiger partial charge >= 0.3 is 0 Å². The number of nitrogens with zero attached hydrogens (tertiary/aromatic N) is 1. The van der Waals surface area contributed by atoms with Gasteiger partial charge in [0.15, 0.2) is 0 Å². The highest BCUT2D eigenvalue weighted by molar-refractivity contribution is 6.15. The van der Waals surface area contributed by atoms with Crippen LogP contribution in [-0.2, 0) is 0 Å². The largest absolute Gasteiger partial charge is 0.455 e. The van der Waals surface area contributed by atoms with Crippen molar-refractivity contribution in [3.63, 3.8) is 0 Å². The summed E-state index contributed by atoms with van der Waals surface area (Å²) in [5, 5.41) is 6.51. The highest BCUT2D eigenvalue weighted by Crippen LogP contribution is 2.43. The minimum absolute atomic E-state index is 0.0963. The van der Waals surface area contributed by atoms with Crippen molar-refractivity contribution in [2.75, 3.05) is 4.90 Å². The van der Waals surface area contributed by atoms with Gasteiger partial charge in [-0.2, -0.15) is 0 Å². The number of anilines is 3. The maximum Gasteiger partial charge on any atom is 0.143 e. The van der Waals surface area contributed by atoms with Gasteiger partial charge in [-0.1, -0.05) is 146 Å². The van der Waals surface area contributed by atoms with Gasteiger partial charge < -0.3 is 9.32 Å². The third kappa shape index (κ3) is 5.21. The van der Waals surface area contributed by atoms with Crippen molar-refractivity contribution >= 4 is 60.5 Å². The highest BCUT2D eigenvalue weighted by atomic mass is 16.3. The Hall–Kier alpha value is -6.90. The zero-order chi connectivity index (χ0) is 37.9. The number of hydrogen-bond donors (Lipinski definition) is 0. The maximum atomic E-state index is 9.48. The first kappa shape index (κ1) is 26.0. The molecule has 0 atom stereocenters. The van der Waals surface area contributed by atoms with Crippen molar-refractivity contribution in [2.24, 2.45) is 0 Å². The van der Waals surface area contributed by atoms with E-state index in [9.17, 15) is 5.48 Å². The third-order valence-corrected chi connectivity index (χ3v) is 9.92. The number of fused-ring (bicyclic) bond motifs is 6. The molecule has 0 fully saturated rings. The van der Waals surface area contributed by atoms with Gasteiger partial charge in [-0.3, -0.25) is 0 Å². The van der Waals surface area contributed by atoms with Crippen molar-refractivity contribution in [3.8, 4) is 33.4 Å². The molecular weight excluding hydrogens is 631 g/mol. The molecule has 0 spiro atoms. The van der Waals surface area contributed by atoms with Gasteiger partial charge in [0.1, 0.15) is 11.2 Å². The molecule has 0 saturated heterocycles. The standard InChI is InChI=1S/C50H33NO/c1-2-10-34(11-3-1)36-20-26-42(27-21-36)51(43-28-22-37(23-29-43)40-19-18-35-12-4-5-14-39(35)32-40)48-17-9-8-15-44(48)41-25-31-49-47(33-41)46-30-24-38-13-6-7-16-45(38)50(46)52-49/h1-33H/i20D,21D,26D,27D. The minimum Gasteiger partial charge on any atom is -0.455 e. The van der Waals surface area contributed by atoms with Crippen molar-refractivity contribution in [1.82, 2.24) is 0 Å². The number of hydrogen-bond acceptors (Lipinski definition) is 2. The van der Waals surface area contributed by atoms with Crippen LogP contribution in [0.15, 0.2) is 205 Å². The van der Waals surface area contributed by atoms with E-state index in [1.165, 1.54) is 5.39 Å². The Morgan fingerprint density at radius 3 is 1.88 bits per heavy atom. The lowest BCUT2D eigenvalue weighted by Crippen LogP contribution is -2.11. The molecule has 0 unspecified atom stereocenters. The lowest BCUT2D eigenvalue weighted by Gasteiger charge is -2.28. The molecule has 244 valence electrons. The molecule has 52 heavy (non-hydrogen) atoms. The molecule has 0 bridgehead atoms. The van der Waals surface area contributed by atoms with Crippen molar-refractivity contribution in [1.29, 1.82) is 0 Å². The van der Waals surface area contributed by atoms with Gasteiger partial charge in [0.25, 0.3) is 0 Å². The zero-order valence-corrected chi connectivity index (χ0v) is 28.1. The van der Waals surface area contributed by atoms with Crippen LogP contribution in [-0.4, -0.2) is 0 Å². The van der Waals surface area contributed by atoms with Crippen LogP contribution in [0.5, 0.6) is 0 Å². The van der Waals surface area contributed by atoms with Gasteiger partial charge in [-0.05, 0) is 98.5 Å². The SMILES string of the molecule is [2H]c1c([2H])c(N(c2ccc(-c3ccc4ccccc4c3)cc2)c2ccccc2-c2ccc3oc4c5ccccc5ccc4c3c2)c([2H])c([2H])c1-c1ccccc1.